The molecule has 6 saturated heterocycles. The molecule has 8 atom stereocenters. The van der Waals surface area contributed by atoms with Gasteiger partial charge in [0.15, 0.2) is 11.6 Å². The first kappa shape index (κ1) is 18.8. The van der Waals surface area contributed by atoms with Gasteiger partial charge in [0.1, 0.15) is 24.4 Å². The van der Waals surface area contributed by atoms with E-state index in [4.69, 9.17) is 28.4 Å². The maximum Gasteiger partial charge on any atom is 0.308 e. The standard InChI is InChI=1S/2C10H14O4/c2*1-6-2-3-10(13-6)5-8-7(14-10)4-9(11)12-8/h2*6-8H,2-5H2,1H3/t2*6-,7+,8+,10-/m00/s1. The molecule has 0 aromatic rings. The van der Waals surface area contributed by atoms with Crippen molar-refractivity contribution in [1.82, 2.24) is 0 Å². The molecular formula is C20H28O8. The summed E-state index contributed by atoms with van der Waals surface area (Å²) in [6.07, 6.45) is 6.43. The Hall–Kier alpha value is -1.22. The van der Waals surface area contributed by atoms with Crippen LogP contribution in [0.4, 0.5) is 0 Å². The third-order valence-corrected chi connectivity index (χ3v) is 6.58. The Kier molecular flexibility index (Phi) is 4.46. The van der Waals surface area contributed by atoms with Crippen molar-refractivity contribution in [3.63, 3.8) is 0 Å². The predicted octanol–water partition coefficient (Wildman–Crippen LogP) is 1.97. The van der Waals surface area contributed by atoms with E-state index >= 15 is 0 Å². The SMILES string of the molecule is C[C@H]1CC[C@]2(C[C@H]3OC(=O)C[C@H]3O2)O1.C[C@H]1CC[C@]2(C[C@H]3OC(=O)C[C@H]3O2)O1. The lowest BCUT2D eigenvalue weighted by Gasteiger charge is -2.23. The van der Waals surface area contributed by atoms with E-state index in [9.17, 15) is 9.59 Å². The van der Waals surface area contributed by atoms with Gasteiger partial charge in [-0.05, 0) is 26.7 Å². The number of esters is 2. The molecule has 156 valence electrons. The highest BCUT2D eigenvalue weighted by Gasteiger charge is 2.56. The zero-order chi connectivity index (χ0) is 19.5. The van der Waals surface area contributed by atoms with Crippen LogP contribution in [0.15, 0.2) is 0 Å². The van der Waals surface area contributed by atoms with Crippen molar-refractivity contribution in [2.45, 2.75) is 113 Å². The van der Waals surface area contributed by atoms with E-state index < -0.39 is 11.6 Å². The molecule has 0 N–H and O–H groups in total. The Morgan fingerprint density at radius 2 is 1.11 bits per heavy atom. The van der Waals surface area contributed by atoms with Crippen LogP contribution < -0.4 is 0 Å². The monoisotopic (exact) mass is 396 g/mol. The Morgan fingerprint density at radius 3 is 1.43 bits per heavy atom. The molecule has 0 unspecified atom stereocenters. The first-order valence-electron chi connectivity index (χ1n) is 10.4. The second-order valence-electron chi connectivity index (χ2n) is 8.94. The molecule has 8 nitrogen and oxygen atoms in total. The van der Waals surface area contributed by atoms with Gasteiger partial charge in [-0.1, -0.05) is 0 Å². The van der Waals surface area contributed by atoms with Crippen LogP contribution in [0.3, 0.4) is 0 Å². The minimum Gasteiger partial charge on any atom is -0.459 e. The zero-order valence-corrected chi connectivity index (χ0v) is 16.4. The maximum atomic E-state index is 11.0. The van der Waals surface area contributed by atoms with Crippen molar-refractivity contribution in [2.24, 2.45) is 0 Å². The van der Waals surface area contributed by atoms with E-state index in [0.717, 1.165) is 25.7 Å². The first-order valence-corrected chi connectivity index (χ1v) is 10.4. The Bertz CT molecular complexity index is 575. The van der Waals surface area contributed by atoms with Gasteiger partial charge >= 0.3 is 11.9 Å². The summed E-state index contributed by atoms with van der Waals surface area (Å²) >= 11 is 0. The molecular weight excluding hydrogens is 368 g/mol. The fourth-order valence-corrected chi connectivity index (χ4v) is 5.31. The summed E-state index contributed by atoms with van der Waals surface area (Å²) in [4.78, 5) is 22.0. The van der Waals surface area contributed by atoms with Crippen LogP contribution >= 0.6 is 0 Å². The molecule has 6 aliphatic rings. The van der Waals surface area contributed by atoms with E-state index in [2.05, 4.69) is 13.8 Å². The molecule has 0 radical (unpaired) electrons. The van der Waals surface area contributed by atoms with Crippen LogP contribution in [0, 0.1) is 0 Å². The van der Waals surface area contributed by atoms with Gasteiger partial charge in [0.05, 0.1) is 25.0 Å². The summed E-state index contributed by atoms with van der Waals surface area (Å²) in [5, 5.41) is 0. The number of rotatable bonds is 0. The number of hydrogen-bond acceptors (Lipinski definition) is 8. The molecule has 8 heteroatoms. The quantitative estimate of drug-likeness (QED) is 0.574. The average molecular weight is 396 g/mol. The molecule has 2 spiro atoms. The van der Waals surface area contributed by atoms with Crippen molar-refractivity contribution < 1.29 is 38.0 Å². The van der Waals surface area contributed by atoms with Gasteiger partial charge in [-0.25, -0.2) is 0 Å². The molecule has 6 fully saturated rings. The Balaban J connectivity index is 0.000000122. The van der Waals surface area contributed by atoms with Gasteiger partial charge in [0.25, 0.3) is 0 Å². The van der Waals surface area contributed by atoms with Crippen molar-refractivity contribution >= 4 is 11.9 Å². The van der Waals surface area contributed by atoms with E-state index in [-0.39, 0.29) is 48.6 Å². The third-order valence-electron chi connectivity index (χ3n) is 6.58. The van der Waals surface area contributed by atoms with E-state index in [1.807, 2.05) is 0 Å². The zero-order valence-electron chi connectivity index (χ0n) is 16.4. The van der Waals surface area contributed by atoms with Gasteiger partial charge in [0, 0.05) is 25.7 Å². The summed E-state index contributed by atoms with van der Waals surface area (Å²) in [5.41, 5.74) is 0. The highest BCUT2D eigenvalue weighted by molar-refractivity contribution is 5.73. The summed E-state index contributed by atoms with van der Waals surface area (Å²) in [6.45, 7) is 4.11. The van der Waals surface area contributed by atoms with E-state index in [0.29, 0.717) is 25.7 Å². The fourth-order valence-electron chi connectivity index (χ4n) is 5.31. The Morgan fingerprint density at radius 1 is 0.679 bits per heavy atom. The molecule has 0 amide bonds. The summed E-state index contributed by atoms with van der Waals surface area (Å²) < 4.78 is 33.5. The topological polar surface area (TPSA) is 89.5 Å². The third kappa shape index (κ3) is 3.34. The minimum absolute atomic E-state index is 0.0622. The van der Waals surface area contributed by atoms with Crippen molar-refractivity contribution in [1.29, 1.82) is 0 Å². The van der Waals surface area contributed by atoms with Gasteiger partial charge in [-0.3, -0.25) is 9.59 Å². The highest BCUT2D eigenvalue weighted by Crippen LogP contribution is 2.46. The normalized spacial score (nSPS) is 51.2. The maximum absolute atomic E-state index is 11.0. The molecule has 0 aromatic heterocycles. The van der Waals surface area contributed by atoms with Crippen LogP contribution in [0.25, 0.3) is 0 Å². The second kappa shape index (κ2) is 6.65. The molecule has 28 heavy (non-hydrogen) atoms. The van der Waals surface area contributed by atoms with Crippen LogP contribution in [-0.2, 0) is 38.0 Å². The fraction of sp³-hybridized carbons (Fsp3) is 0.900. The van der Waals surface area contributed by atoms with Gasteiger partial charge in [-0.15, -0.1) is 0 Å². The van der Waals surface area contributed by atoms with Crippen molar-refractivity contribution in [3.8, 4) is 0 Å². The molecule has 6 heterocycles. The molecule has 0 aliphatic carbocycles. The number of ether oxygens (including phenoxy) is 6. The second-order valence-corrected chi connectivity index (χ2v) is 8.94. The average Bonchev–Trinajstić information content (AvgIpc) is 3.39. The molecule has 6 rings (SSSR count). The highest BCUT2D eigenvalue weighted by atomic mass is 16.7. The number of carbonyl (C=O) groups excluding carboxylic acids is 2. The summed E-state index contributed by atoms with van der Waals surface area (Å²) in [7, 11) is 0. The van der Waals surface area contributed by atoms with Crippen LogP contribution in [0.5, 0.6) is 0 Å². The summed E-state index contributed by atoms with van der Waals surface area (Å²) in [6, 6.07) is 0. The van der Waals surface area contributed by atoms with Crippen molar-refractivity contribution in [2.75, 3.05) is 0 Å². The van der Waals surface area contributed by atoms with Gasteiger partial charge in [0.2, 0.25) is 0 Å². The van der Waals surface area contributed by atoms with Crippen LogP contribution in [0.1, 0.15) is 65.2 Å². The van der Waals surface area contributed by atoms with Crippen molar-refractivity contribution in [3.05, 3.63) is 0 Å². The summed E-state index contributed by atoms with van der Waals surface area (Å²) in [5.74, 6) is -1.15. The Labute approximate surface area is 164 Å². The number of carbonyl (C=O) groups is 2. The lowest BCUT2D eigenvalue weighted by atomic mass is 10.1. The van der Waals surface area contributed by atoms with Crippen LogP contribution in [0.2, 0.25) is 0 Å². The first-order chi connectivity index (χ1) is 13.3. The van der Waals surface area contributed by atoms with E-state index in [1.165, 1.54) is 0 Å². The molecule has 6 aliphatic heterocycles. The minimum atomic E-state index is -0.435. The predicted molar refractivity (Wildman–Crippen MR) is 93.0 cm³/mol. The molecule has 0 saturated carbocycles. The van der Waals surface area contributed by atoms with E-state index in [1.54, 1.807) is 0 Å². The van der Waals surface area contributed by atoms with Gasteiger partial charge < -0.3 is 28.4 Å². The van der Waals surface area contributed by atoms with Crippen LogP contribution in [-0.4, -0.2) is 60.1 Å². The smallest absolute Gasteiger partial charge is 0.308 e. The lowest BCUT2D eigenvalue weighted by Crippen LogP contribution is -2.29. The lowest BCUT2D eigenvalue weighted by molar-refractivity contribution is -0.214. The largest absolute Gasteiger partial charge is 0.459 e. The van der Waals surface area contributed by atoms with Gasteiger partial charge in [-0.2, -0.15) is 0 Å². The molecule has 0 bridgehead atoms. The number of hydrogen-bond donors (Lipinski definition) is 0. The molecule has 0 aromatic carbocycles. The number of fused-ring (bicyclic) bond motifs is 2.